The van der Waals surface area contributed by atoms with Crippen LogP contribution in [0.3, 0.4) is 0 Å². The molecular weight excluding hydrogens is 146 g/mol. The minimum atomic E-state index is 0.757. The van der Waals surface area contributed by atoms with Gasteiger partial charge in [-0.05, 0) is 37.3 Å². The molecular formula is C11H15N. The molecule has 0 spiro atoms. The lowest BCUT2D eigenvalue weighted by Gasteiger charge is -1.99. The van der Waals surface area contributed by atoms with E-state index in [9.17, 15) is 0 Å². The summed E-state index contributed by atoms with van der Waals surface area (Å²) in [4.78, 5) is 0. The molecule has 0 saturated heterocycles. The molecule has 0 aromatic heterocycles. The number of hydrogen-bond acceptors (Lipinski definition) is 1. The molecule has 2 rings (SSSR count). The van der Waals surface area contributed by atoms with Gasteiger partial charge in [-0.25, -0.2) is 0 Å². The Morgan fingerprint density at radius 1 is 1.33 bits per heavy atom. The second-order valence-corrected chi connectivity index (χ2v) is 3.75. The van der Waals surface area contributed by atoms with Gasteiger partial charge < -0.3 is 5.73 Å². The van der Waals surface area contributed by atoms with E-state index in [1.54, 1.807) is 0 Å². The highest BCUT2D eigenvalue weighted by atomic mass is 14.6. The van der Waals surface area contributed by atoms with Gasteiger partial charge >= 0.3 is 0 Å². The Bertz CT molecular complexity index is 263. The Hall–Kier alpha value is -0.820. The Morgan fingerprint density at radius 3 is 2.50 bits per heavy atom. The fourth-order valence-corrected chi connectivity index (χ4v) is 1.73. The summed E-state index contributed by atoms with van der Waals surface area (Å²) < 4.78 is 0. The van der Waals surface area contributed by atoms with Crippen LogP contribution in [0, 0.1) is 12.8 Å². The molecule has 64 valence electrons. The Balaban J connectivity index is 2.10. The van der Waals surface area contributed by atoms with Gasteiger partial charge in [0.05, 0.1) is 0 Å². The maximum Gasteiger partial charge on any atom is -0.00428 e. The van der Waals surface area contributed by atoms with E-state index in [0.717, 1.165) is 18.4 Å². The smallest absolute Gasteiger partial charge is 0.00428 e. The molecule has 1 aliphatic carbocycles. The number of benzene rings is 1. The van der Waals surface area contributed by atoms with Crippen LogP contribution in [-0.2, 0) is 0 Å². The predicted molar refractivity (Wildman–Crippen MR) is 51.1 cm³/mol. The van der Waals surface area contributed by atoms with Crippen LogP contribution in [0.1, 0.15) is 23.5 Å². The van der Waals surface area contributed by atoms with Gasteiger partial charge in [0.2, 0.25) is 0 Å². The highest BCUT2D eigenvalue weighted by Crippen LogP contribution is 2.46. The van der Waals surface area contributed by atoms with Crippen LogP contribution < -0.4 is 5.73 Å². The number of rotatable bonds is 2. The van der Waals surface area contributed by atoms with Gasteiger partial charge in [-0.3, -0.25) is 0 Å². The first-order valence-electron chi connectivity index (χ1n) is 4.58. The van der Waals surface area contributed by atoms with Crippen molar-refractivity contribution in [3.8, 4) is 0 Å². The van der Waals surface area contributed by atoms with Gasteiger partial charge in [-0.2, -0.15) is 0 Å². The van der Waals surface area contributed by atoms with Crippen LogP contribution in [0.4, 0.5) is 0 Å². The van der Waals surface area contributed by atoms with Crippen molar-refractivity contribution in [2.45, 2.75) is 19.3 Å². The zero-order chi connectivity index (χ0) is 8.55. The molecule has 0 aliphatic heterocycles. The molecule has 0 amide bonds. The highest BCUT2D eigenvalue weighted by molar-refractivity contribution is 5.28. The minimum absolute atomic E-state index is 0.757. The molecule has 1 aromatic carbocycles. The summed E-state index contributed by atoms with van der Waals surface area (Å²) in [5.74, 6) is 1.52. The van der Waals surface area contributed by atoms with E-state index in [-0.39, 0.29) is 0 Å². The van der Waals surface area contributed by atoms with Gasteiger partial charge in [-0.15, -0.1) is 0 Å². The molecule has 1 aliphatic rings. The molecule has 1 fully saturated rings. The quantitative estimate of drug-likeness (QED) is 0.706. The lowest BCUT2D eigenvalue weighted by atomic mass is 10.1. The molecule has 0 heterocycles. The SMILES string of the molecule is Cc1ccc([C@@H]2C[C@@H]2CN)cc1. The van der Waals surface area contributed by atoms with E-state index in [2.05, 4.69) is 31.2 Å². The third-order valence-corrected chi connectivity index (χ3v) is 2.73. The zero-order valence-electron chi connectivity index (χ0n) is 7.46. The van der Waals surface area contributed by atoms with E-state index < -0.39 is 0 Å². The first-order valence-corrected chi connectivity index (χ1v) is 4.58. The van der Waals surface area contributed by atoms with Crippen LogP contribution in [0.2, 0.25) is 0 Å². The summed E-state index contributed by atoms with van der Waals surface area (Å²) in [6.45, 7) is 2.97. The normalized spacial score (nSPS) is 27.2. The number of aryl methyl sites for hydroxylation is 1. The average molecular weight is 161 g/mol. The standard InChI is InChI=1S/C11H15N/c1-8-2-4-9(5-3-8)11-6-10(11)7-12/h2-5,10-11H,6-7,12H2,1H3/t10-,11+/m1/s1. The van der Waals surface area contributed by atoms with Gasteiger partial charge in [-0.1, -0.05) is 29.8 Å². The number of hydrogen-bond donors (Lipinski definition) is 1. The summed E-state index contributed by atoms with van der Waals surface area (Å²) in [5, 5.41) is 0. The third-order valence-electron chi connectivity index (χ3n) is 2.73. The summed E-state index contributed by atoms with van der Waals surface area (Å²) in [5.41, 5.74) is 8.40. The van der Waals surface area contributed by atoms with Gasteiger partial charge in [0.1, 0.15) is 0 Å². The topological polar surface area (TPSA) is 26.0 Å². The maximum absolute atomic E-state index is 5.59. The van der Waals surface area contributed by atoms with Crippen molar-refractivity contribution in [2.75, 3.05) is 6.54 Å². The molecule has 0 bridgehead atoms. The molecule has 12 heavy (non-hydrogen) atoms. The maximum atomic E-state index is 5.59. The molecule has 1 nitrogen and oxygen atoms in total. The molecule has 2 atom stereocenters. The fourth-order valence-electron chi connectivity index (χ4n) is 1.73. The van der Waals surface area contributed by atoms with Gasteiger partial charge in [0, 0.05) is 0 Å². The number of nitrogens with two attached hydrogens (primary N) is 1. The zero-order valence-corrected chi connectivity index (χ0v) is 7.46. The van der Waals surface area contributed by atoms with Crippen molar-refractivity contribution in [3.05, 3.63) is 35.4 Å². The molecule has 0 unspecified atom stereocenters. The van der Waals surface area contributed by atoms with Crippen LogP contribution in [-0.4, -0.2) is 6.54 Å². The lowest BCUT2D eigenvalue weighted by molar-refractivity contribution is 0.809. The van der Waals surface area contributed by atoms with Crippen molar-refractivity contribution in [2.24, 2.45) is 11.7 Å². The van der Waals surface area contributed by atoms with E-state index in [0.29, 0.717) is 0 Å². The van der Waals surface area contributed by atoms with E-state index in [1.807, 2.05) is 0 Å². The van der Waals surface area contributed by atoms with Crippen molar-refractivity contribution >= 4 is 0 Å². The highest BCUT2D eigenvalue weighted by Gasteiger charge is 2.36. The molecule has 1 saturated carbocycles. The van der Waals surface area contributed by atoms with Crippen LogP contribution >= 0.6 is 0 Å². The first kappa shape index (κ1) is 7.81. The Kier molecular flexibility index (Phi) is 1.89. The van der Waals surface area contributed by atoms with Crippen LogP contribution in [0.15, 0.2) is 24.3 Å². The van der Waals surface area contributed by atoms with Gasteiger partial charge in [0.15, 0.2) is 0 Å². The summed E-state index contributed by atoms with van der Waals surface area (Å²) in [6.07, 6.45) is 1.29. The van der Waals surface area contributed by atoms with E-state index in [1.165, 1.54) is 17.5 Å². The first-order chi connectivity index (χ1) is 5.81. The second kappa shape index (κ2) is 2.91. The summed E-state index contributed by atoms with van der Waals surface area (Å²) in [7, 11) is 0. The molecule has 1 aromatic rings. The monoisotopic (exact) mass is 161 g/mol. The predicted octanol–water partition coefficient (Wildman–Crippen LogP) is 2.06. The van der Waals surface area contributed by atoms with E-state index >= 15 is 0 Å². The lowest BCUT2D eigenvalue weighted by Crippen LogP contribution is -2.01. The summed E-state index contributed by atoms with van der Waals surface area (Å²) >= 11 is 0. The second-order valence-electron chi connectivity index (χ2n) is 3.75. The summed E-state index contributed by atoms with van der Waals surface area (Å²) in [6, 6.07) is 8.83. The molecule has 0 radical (unpaired) electrons. The van der Waals surface area contributed by atoms with Crippen molar-refractivity contribution in [1.29, 1.82) is 0 Å². The fraction of sp³-hybridized carbons (Fsp3) is 0.455. The Morgan fingerprint density at radius 2 is 2.00 bits per heavy atom. The van der Waals surface area contributed by atoms with Crippen LogP contribution in [0.25, 0.3) is 0 Å². The van der Waals surface area contributed by atoms with Crippen molar-refractivity contribution in [3.63, 3.8) is 0 Å². The van der Waals surface area contributed by atoms with Crippen molar-refractivity contribution < 1.29 is 0 Å². The van der Waals surface area contributed by atoms with Crippen molar-refractivity contribution in [1.82, 2.24) is 0 Å². The third kappa shape index (κ3) is 1.37. The van der Waals surface area contributed by atoms with E-state index in [4.69, 9.17) is 5.73 Å². The van der Waals surface area contributed by atoms with Gasteiger partial charge in [0.25, 0.3) is 0 Å². The minimum Gasteiger partial charge on any atom is -0.330 e. The molecule has 2 N–H and O–H groups in total. The Labute approximate surface area is 73.6 Å². The molecule has 1 heteroatoms. The van der Waals surface area contributed by atoms with Crippen LogP contribution in [0.5, 0.6) is 0 Å². The largest absolute Gasteiger partial charge is 0.330 e. The average Bonchev–Trinajstić information content (AvgIpc) is 2.85.